The Morgan fingerprint density at radius 3 is 2.83 bits per heavy atom. The van der Waals surface area contributed by atoms with Crippen LogP contribution >= 0.6 is 11.3 Å². The lowest BCUT2D eigenvalue weighted by Gasteiger charge is -2.04. The molecule has 3 rings (SSSR count). The molecule has 0 aliphatic heterocycles. The van der Waals surface area contributed by atoms with Crippen LogP contribution in [0.4, 0.5) is 0 Å². The van der Waals surface area contributed by atoms with E-state index in [4.69, 9.17) is 4.42 Å². The molecular formula is C15H17N3O3S2. The molecule has 8 heteroatoms. The summed E-state index contributed by atoms with van der Waals surface area (Å²) in [7, 11) is -3.66. The van der Waals surface area contributed by atoms with Gasteiger partial charge < -0.3 is 8.98 Å². The van der Waals surface area contributed by atoms with Gasteiger partial charge in [-0.05, 0) is 37.4 Å². The summed E-state index contributed by atoms with van der Waals surface area (Å²) in [6.07, 6.45) is 3.03. The quantitative estimate of drug-likeness (QED) is 0.739. The Kier molecular flexibility index (Phi) is 4.38. The van der Waals surface area contributed by atoms with E-state index in [1.807, 2.05) is 37.4 Å². The molecule has 23 heavy (non-hydrogen) atoms. The molecule has 0 aromatic carbocycles. The molecule has 3 aromatic heterocycles. The Balaban J connectivity index is 1.69. The number of furan rings is 1. The van der Waals surface area contributed by atoms with Crippen molar-refractivity contribution in [2.75, 3.05) is 0 Å². The van der Waals surface area contributed by atoms with Crippen LogP contribution in [0.3, 0.4) is 0 Å². The zero-order valence-electron chi connectivity index (χ0n) is 12.8. The average Bonchev–Trinajstić information content (AvgIpc) is 3.23. The van der Waals surface area contributed by atoms with E-state index in [1.54, 1.807) is 22.0 Å². The Bertz CT molecular complexity index is 877. The zero-order valence-corrected chi connectivity index (χ0v) is 14.4. The van der Waals surface area contributed by atoms with Crippen molar-refractivity contribution in [2.24, 2.45) is 0 Å². The van der Waals surface area contributed by atoms with Crippen molar-refractivity contribution in [1.29, 1.82) is 0 Å². The summed E-state index contributed by atoms with van der Waals surface area (Å²) in [6.45, 7) is 4.00. The van der Waals surface area contributed by atoms with Crippen LogP contribution in [0, 0.1) is 0 Å². The van der Waals surface area contributed by atoms with Crippen molar-refractivity contribution in [3.63, 3.8) is 0 Å². The number of imidazole rings is 1. The summed E-state index contributed by atoms with van der Waals surface area (Å²) in [4.78, 5) is 4.96. The van der Waals surface area contributed by atoms with Gasteiger partial charge in [0.15, 0.2) is 5.03 Å². The molecule has 0 fully saturated rings. The molecule has 0 spiro atoms. The van der Waals surface area contributed by atoms with Crippen molar-refractivity contribution in [1.82, 2.24) is 14.3 Å². The second kappa shape index (κ2) is 6.31. The van der Waals surface area contributed by atoms with Gasteiger partial charge in [0.1, 0.15) is 11.5 Å². The van der Waals surface area contributed by atoms with Gasteiger partial charge in [0.05, 0.1) is 17.7 Å². The Morgan fingerprint density at radius 2 is 2.17 bits per heavy atom. The highest BCUT2D eigenvalue weighted by Crippen LogP contribution is 2.26. The van der Waals surface area contributed by atoms with Crippen LogP contribution in [0.5, 0.6) is 0 Å². The second-order valence-corrected chi connectivity index (χ2v) is 7.98. The SMILES string of the molecule is CC(C)n1cnc(S(=O)(=O)NCc2ccc(-c3cccs3)o2)c1. The van der Waals surface area contributed by atoms with Gasteiger partial charge in [-0.1, -0.05) is 6.07 Å². The minimum Gasteiger partial charge on any atom is -0.459 e. The van der Waals surface area contributed by atoms with E-state index in [-0.39, 0.29) is 17.6 Å². The highest BCUT2D eigenvalue weighted by atomic mass is 32.2. The zero-order chi connectivity index (χ0) is 16.4. The van der Waals surface area contributed by atoms with Gasteiger partial charge in [0.25, 0.3) is 10.0 Å². The van der Waals surface area contributed by atoms with Crippen LogP contribution in [-0.2, 0) is 16.6 Å². The summed E-state index contributed by atoms with van der Waals surface area (Å²) in [6, 6.07) is 7.66. The lowest BCUT2D eigenvalue weighted by Crippen LogP contribution is -2.23. The maximum atomic E-state index is 12.3. The molecule has 0 unspecified atom stereocenters. The molecule has 0 atom stereocenters. The van der Waals surface area contributed by atoms with Crippen LogP contribution in [0.15, 0.2) is 51.6 Å². The first-order valence-electron chi connectivity index (χ1n) is 7.11. The minimum absolute atomic E-state index is 0.0104. The van der Waals surface area contributed by atoms with Crippen molar-refractivity contribution >= 4 is 21.4 Å². The number of rotatable bonds is 6. The van der Waals surface area contributed by atoms with Crippen molar-refractivity contribution < 1.29 is 12.8 Å². The lowest BCUT2D eigenvalue weighted by atomic mass is 10.3. The second-order valence-electron chi connectivity index (χ2n) is 5.32. The number of thiophene rings is 1. The molecule has 0 bridgehead atoms. The molecule has 6 nitrogen and oxygen atoms in total. The number of aromatic nitrogens is 2. The topological polar surface area (TPSA) is 77.1 Å². The van der Waals surface area contributed by atoms with E-state index < -0.39 is 10.0 Å². The highest BCUT2D eigenvalue weighted by Gasteiger charge is 2.18. The first-order chi connectivity index (χ1) is 11.0. The fraction of sp³-hybridized carbons (Fsp3) is 0.267. The number of sulfonamides is 1. The standard InChI is InChI=1S/C15H17N3O3S2/c1-11(2)18-9-15(16-10-18)23(19,20)17-8-12-5-6-13(21-12)14-4-3-7-22-14/h3-7,9-11,17H,8H2,1-2H3. The van der Waals surface area contributed by atoms with Crippen molar-refractivity contribution in [3.05, 3.63) is 47.9 Å². The van der Waals surface area contributed by atoms with E-state index in [9.17, 15) is 8.42 Å². The molecule has 1 N–H and O–H groups in total. The maximum absolute atomic E-state index is 12.3. The highest BCUT2D eigenvalue weighted by molar-refractivity contribution is 7.89. The van der Waals surface area contributed by atoms with E-state index in [2.05, 4.69) is 9.71 Å². The average molecular weight is 351 g/mol. The Hall–Kier alpha value is -1.90. The molecule has 0 radical (unpaired) electrons. The van der Waals surface area contributed by atoms with Gasteiger partial charge >= 0.3 is 0 Å². The monoisotopic (exact) mass is 351 g/mol. The normalized spacial score (nSPS) is 12.1. The van der Waals surface area contributed by atoms with Gasteiger partial charge in [-0.15, -0.1) is 11.3 Å². The summed E-state index contributed by atoms with van der Waals surface area (Å²) in [5, 5.41) is 1.97. The maximum Gasteiger partial charge on any atom is 0.259 e. The number of nitrogens with zero attached hydrogens (tertiary/aromatic N) is 2. The molecule has 0 saturated heterocycles. The smallest absolute Gasteiger partial charge is 0.259 e. The summed E-state index contributed by atoms with van der Waals surface area (Å²) in [5.41, 5.74) is 0. The minimum atomic E-state index is -3.66. The summed E-state index contributed by atoms with van der Waals surface area (Å²) < 4.78 is 34.4. The number of hydrogen-bond donors (Lipinski definition) is 1. The van der Waals surface area contributed by atoms with Crippen LogP contribution in [-0.4, -0.2) is 18.0 Å². The van der Waals surface area contributed by atoms with Gasteiger partial charge in [-0.25, -0.2) is 18.1 Å². The fourth-order valence-corrected chi connectivity index (χ4v) is 3.62. The van der Waals surface area contributed by atoms with Crippen molar-refractivity contribution in [2.45, 2.75) is 31.5 Å². The van der Waals surface area contributed by atoms with E-state index in [0.717, 1.165) is 10.6 Å². The first kappa shape index (κ1) is 16.0. The third kappa shape index (κ3) is 3.54. The van der Waals surface area contributed by atoms with Gasteiger partial charge in [0, 0.05) is 12.2 Å². The molecule has 0 amide bonds. The molecule has 0 aliphatic carbocycles. The third-order valence-electron chi connectivity index (χ3n) is 3.31. The predicted molar refractivity (Wildman–Crippen MR) is 88.7 cm³/mol. The number of hydrogen-bond acceptors (Lipinski definition) is 5. The molecule has 0 saturated carbocycles. The first-order valence-corrected chi connectivity index (χ1v) is 9.48. The summed E-state index contributed by atoms with van der Waals surface area (Å²) >= 11 is 1.57. The van der Waals surface area contributed by atoms with Crippen LogP contribution in [0.25, 0.3) is 10.6 Å². The molecule has 122 valence electrons. The van der Waals surface area contributed by atoms with E-state index >= 15 is 0 Å². The van der Waals surface area contributed by atoms with E-state index in [0.29, 0.717) is 5.76 Å². The Morgan fingerprint density at radius 1 is 1.35 bits per heavy atom. The third-order valence-corrected chi connectivity index (χ3v) is 5.48. The molecule has 0 aliphatic rings. The largest absolute Gasteiger partial charge is 0.459 e. The van der Waals surface area contributed by atoms with Crippen LogP contribution < -0.4 is 4.72 Å². The molecular weight excluding hydrogens is 334 g/mol. The van der Waals surface area contributed by atoms with Crippen LogP contribution in [0.1, 0.15) is 25.6 Å². The molecule has 3 heterocycles. The number of nitrogens with one attached hydrogen (secondary N) is 1. The molecule has 3 aromatic rings. The fourth-order valence-electron chi connectivity index (χ4n) is 2.00. The van der Waals surface area contributed by atoms with Gasteiger partial charge in [0.2, 0.25) is 0 Å². The predicted octanol–water partition coefficient (Wildman–Crippen LogP) is 3.26. The van der Waals surface area contributed by atoms with Crippen LogP contribution in [0.2, 0.25) is 0 Å². The lowest BCUT2D eigenvalue weighted by molar-refractivity contribution is 0.509. The van der Waals surface area contributed by atoms with Gasteiger partial charge in [-0.2, -0.15) is 0 Å². The van der Waals surface area contributed by atoms with Crippen molar-refractivity contribution in [3.8, 4) is 10.6 Å². The van der Waals surface area contributed by atoms with E-state index in [1.165, 1.54) is 12.5 Å². The summed E-state index contributed by atoms with van der Waals surface area (Å²) in [5.74, 6) is 1.29. The van der Waals surface area contributed by atoms with Gasteiger partial charge in [-0.3, -0.25) is 0 Å². The Labute approximate surface area is 138 Å².